The van der Waals surface area contributed by atoms with Gasteiger partial charge in [0.25, 0.3) is 0 Å². The lowest BCUT2D eigenvalue weighted by molar-refractivity contribution is 0.614. The molecule has 3 heteroatoms. The molecule has 2 nitrogen and oxygen atoms in total. The summed E-state index contributed by atoms with van der Waals surface area (Å²) in [6.07, 6.45) is 4.75. The van der Waals surface area contributed by atoms with E-state index in [0.717, 1.165) is 29.5 Å². The molecule has 4 rings (SSSR count). The van der Waals surface area contributed by atoms with Crippen molar-refractivity contribution in [2.24, 2.45) is 0 Å². The lowest BCUT2D eigenvalue weighted by atomic mass is 9.91. The van der Waals surface area contributed by atoms with E-state index < -0.39 is 0 Å². The Morgan fingerprint density at radius 2 is 1.65 bits per heavy atom. The van der Waals surface area contributed by atoms with Crippen LogP contribution in [0.15, 0.2) is 40.8 Å². The van der Waals surface area contributed by atoms with Gasteiger partial charge in [-0.2, -0.15) is 0 Å². The van der Waals surface area contributed by atoms with Crippen LogP contribution in [0.3, 0.4) is 0 Å². The second-order valence-electron chi connectivity index (χ2n) is 5.32. The minimum atomic E-state index is -0.250. The van der Waals surface area contributed by atoms with Crippen LogP contribution in [0.2, 0.25) is 0 Å². The van der Waals surface area contributed by atoms with Gasteiger partial charge in [0.2, 0.25) is 5.89 Å². The molecule has 0 saturated heterocycles. The van der Waals surface area contributed by atoms with Gasteiger partial charge in [-0.15, -0.1) is 0 Å². The number of rotatable bonds is 1. The molecule has 0 saturated carbocycles. The van der Waals surface area contributed by atoms with E-state index in [0.29, 0.717) is 5.89 Å². The average Bonchev–Trinajstić information content (AvgIpc) is 2.88. The first-order valence-electron chi connectivity index (χ1n) is 6.98. The Balaban J connectivity index is 1.84. The number of halogens is 1. The largest absolute Gasteiger partial charge is 0.436 e. The fraction of sp³-hybridized carbons (Fsp3) is 0.235. The summed E-state index contributed by atoms with van der Waals surface area (Å²) in [4.78, 5) is 4.53. The van der Waals surface area contributed by atoms with Crippen molar-refractivity contribution in [3.63, 3.8) is 0 Å². The van der Waals surface area contributed by atoms with E-state index in [9.17, 15) is 4.39 Å². The highest BCUT2D eigenvalue weighted by Gasteiger charge is 2.14. The molecule has 20 heavy (non-hydrogen) atoms. The monoisotopic (exact) mass is 267 g/mol. The van der Waals surface area contributed by atoms with Crippen LogP contribution in [0.4, 0.5) is 4.39 Å². The van der Waals surface area contributed by atoms with Crippen molar-refractivity contribution in [1.29, 1.82) is 0 Å². The highest BCUT2D eigenvalue weighted by atomic mass is 19.1. The first-order chi connectivity index (χ1) is 9.79. The summed E-state index contributed by atoms with van der Waals surface area (Å²) in [5, 5.41) is 0. The Bertz CT molecular complexity index is 731. The van der Waals surface area contributed by atoms with Crippen molar-refractivity contribution < 1.29 is 8.81 Å². The summed E-state index contributed by atoms with van der Waals surface area (Å²) in [6, 6.07) is 10.5. The zero-order valence-corrected chi connectivity index (χ0v) is 11.0. The van der Waals surface area contributed by atoms with Crippen molar-refractivity contribution in [2.75, 3.05) is 0 Å². The molecular formula is C17H14FNO. The van der Waals surface area contributed by atoms with Crippen LogP contribution < -0.4 is 0 Å². The maximum absolute atomic E-state index is 13.0. The van der Waals surface area contributed by atoms with Gasteiger partial charge in [-0.05, 0) is 73.2 Å². The van der Waals surface area contributed by atoms with Crippen LogP contribution in [0.25, 0.3) is 22.6 Å². The molecule has 0 spiro atoms. The first-order valence-corrected chi connectivity index (χ1v) is 6.98. The van der Waals surface area contributed by atoms with E-state index in [2.05, 4.69) is 17.1 Å². The van der Waals surface area contributed by atoms with E-state index in [4.69, 9.17) is 4.42 Å². The summed E-state index contributed by atoms with van der Waals surface area (Å²) in [5.74, 6) is 0.308. The Kier molecular flexibility index (Phi) is 2.59. The molecule has 3 aromatic rings. The second kappa shape index (κ2) is 4.44. The fourth-order valence-electron chi connectivity index (χ4n) is 2.87. The van der Waals surface area contributed by atoms with Gasteiger partial charge in [-0.3, -0.25) is 0 Å². The molecule has 0 bridgehead atoms. The lowest BCUT2D eigenvalue weighted by Crippen LogP contribution is -2.01. The molecule has 0 aliphatic heterocycles. The Labute approximate surface area is 116 Å². The standard InChI is InChI=1S/C17H14FNO/c18-14-7-5-11(6-8-14)17-19-15-9-12-3-1-2-4-13(12)10-16(15)20-17/h5-10H,1-4H2. The first kappa shape index (κ1) is 11.6. The molecule has 100 valence electrons. The number of benzene rings is 2. The maximum Gasteiger partial charge on any atom is 0.227 e. The van der Waals surface area contributed by atoms with E-state index >= 15 is 0 Å². The topological polar surface area (TPSA) is 26.0 Å². The van der Waals surface area contributed by atoms with Gasteiger partial charge >= 0.3 is 0 Å². The molecule has 0 fully saturated rings. The number of oxazole rings is 1. The molecule has 1 aliphatic rings. The molecule has 2 aromatic carbocycles. The number of aryl methyl sites for hydroxylation is 2. The number of aromatic nitrogens is 1. The number of nitrogens with zero attached hydrogens (tertiary/aromatic N) is 1. The molecule has 0 N–H and O–H groups in total. The molecule has 0 unspecified atom stereocenters. The van der Waals surface area contributed by atoms with Gasteiger partial charge in [-0.25, -0.2) is 9.37 Å². The summed E-state index contributed by atoms with van der Waals surface area (Å²) in [6.45, 7) is 0. The average molecular weight is 267 g/mol. The minimum absolute atomic E-state index is 0.250. The van der Waals surface area contributed by atoms with Crippen LogP contribution in [-0.4, -0.2) is 4.98 Å². The highest BCUT2D eigenvalue weighted by molar-refractivity contribution is 5.78. The minimum Gasteiger partial charge on any atom is -0.436 e. The van der Waals surface area contributed by atoms with E-state index in [1.165, 1.54) is 36.1 Å². The SMILES string of the molecule is Fc1ccc(-c2nc3cc4c(cc3o2)CCCC4)cc1. The zero-order valence-electron chi connectivity index (χ0n) is 11.0. The zero-order chi connectivity index (χ0) is 13.5. The van der Waals surface area contributed by atoms with Crippen molar-refractivity contribution in [2.45, 2.75) is 25.7 Å². The van der Waals surface area contributed by atoms with Crippen LogP contribution in [0.5, 0.6) is 0 Å². The number of hydrogen-bond acceptors (Lipinski definition) is 2. The predicted molar refractivity (Wildman–Crippen MR) is 76.0 cm³/mol. The molecule has 1 aromatic heterocycles. The molecular weight excluding hydrogens is 253 g/mol. The van der Waals surface area contributed by atoms with Gasteiger partial charge in [-0.1, -0.05) is 0 Å². The Morgan fingerprint density at radius 1 is 0.950 bits per heavy atom. The van der Waals surface area contributed by atoms with E-state index in [-0.39, 0.29) is 5.82 Å². The van der Waals surface area contributed by atoms with Gasteiger partial charge in [0.05, 0.1) is 0 Å². The van der Waals surface area contributed by atoms with Crippen LogP contribution in [0, 0.1) is 5.82 Å². The normalized spacial score (nSPS) is 14.4. The fourth-order valence-corrected chi connectivity index (χ4v) is 2.87. The summed E-state index contributed by atoms with van der Waals surface area (Å²) in [7, 11) is 0. The van der Waals surface area contributed by atoms with Crippen LogP contribution in [-0.2, 0) is 12.8 Å². The lowest BCUT2D eigenvalue weighted by Gasteiger charge is -2.14. The summed E-state index contributed by atoms with van der Waals surface area (Å²) < 4.78 is 18.8. The van der Waals surface area contributed by atoms with E-state index in [1.54, 1.807) is 12.1 Å². The van der Waals surface area contributed by atoms with E-state index in [1.807, 2.05) is 0 Å². The smallest absolute Gasteiger partial charge is 0.227 e. The van der Waals surface area contributed by atoms with Crippen molar-refractivity contribution in [3.05, 3.63) is 53.3 Å². The molecule has 0 radical (unpaired) electrons. The molecule has 1 heterocycles. The predicted octanol–water partition coefficient (Wildman–Crippen LogP) is 4.51. The van der Waals surface area contributed by atoms with Crippen LogP contribution in [0.1, 0.15) is 24.0 Å². The van der Waals surface area contributed by atoms with Gasteiger partial charge in [0.15, 0.2) is 5.58 Å². The number of hydrogen-bond donors (Lipinski definition) is 0. The van der Waals surface area contributed by atoms with Gasteiger partial charge in [0, 0.05) is 5.56 Å². The number of fused-ring (bicyclic) bond motifs is 2. The molecule has 0 amide bonds. The third-order valence-corrected chi connectivity index (χ3v) is 3.94. The van der Waals surface area contributed by atoms with Crippen LogP contribution >= 0.6 is 0 Å². The Morgan fingerprint density at radius 3 is 2.40 bits per heavy atom. The van der Waals surface area contributed by atoms with Crippen molar-refractivity contribution in [1.82, 2.24) is 4.98 Å². The molecule has 0 atom stereocenters. The quantitative estimate of drug-likeness (QED) is 0.648. The highest BCUT2D eigenvalue weighted by Crippen LogP contribution is 2.30. The van der Waals surface area contributed by atoms with Crippen molar-refractivity contribution in [3.8, 4) is 11.5 Å². The van der Waals surface area contributed by atoms with Gasteiger partial charge in [0.1, 0.15) is 11.3 Å². The third kappa shape index (κ3) is 1.90. The third-order valence-electron chi connectivity index (χ3n) is 3.94. The summed E-state index contributed by atoms with van der Waals surface area (Å²) >= 11 is 0. The van der Waals surface area contributed by atoms with Crippen molar-refractivity contribution >= 4 is 11.1 Å². The summed E-state index contributed by atoms with van der Waals surface area (Å²) in [5.41, 5.74) is 5.30. The van der Waals surface area contributed by atoms with Gasteiger partial charge < -0.3 is 4.42 Å². The Hall–Kier alpha value is -2.16. The maximum atomic E-state index is 13.0. The second-order valence-corrected chi connectivity index (χ2v) is 5.32. The molecule has 1 aliphatic carbocycles.